The number of carbonyl (C=O) groups is 2. The van der Waals surface area contributed by atoms with Gasteiger partial charge in [-0.1, -0.05) is 29.8 Å². The van der Waals surface area contributed by atoms with Crippen LogP contribution >= 0.6 is 0 Å². The highest BCUT2D eigenvalue weighted by atomic mass is 32.2. The molecule has 1 fully saturated rings. The normalized spacial score (nSPS) is 14.0. The van der Waals surface area contributed by atoms with Gasteiger partial charge >= 0.3 is 0 Å². The van der Waals surface area contributed by atoms with Crippen LogP contribution in [0.25, 0.3) is 0 Å². The summed E-state index contributed by atoms with van der Waals surface area (Å²) in [6.45, 7) is 5.30. The fraction of sp³-hybridized carbons (Fsp3) is 0.269. The van der Waals surface area contributed by atoms with Crippen LogP contribution in [0.15, 0.2) is 71.8 Å². The van der Waals surface area contributed by atoms with Crippen molar-refractivity contribution in [1.82, 2.24) is 14.8 Å². The average Bonchev–Trinajstić information content (AvgIpc) is 2.86. The van der Waals surface area contributed by atoms with E-state index in [-0.39, 0.29) is 23.1 Å². The molecule has 9 heteroatoms. The third kappa shape index (κ3) is 5.86. The molecule has 0 spiro atoms. The Morgan fingerprint density at radius 1 is 0.914 bits per heavy atom. The molecule has 1 saturated heterocycles. The molecule has 0 bridgehead atoms. The first-order valence-electron chi connectivity index (χ1n) is 11.4. The predicted octanol–water partition coefficient (Wildman–Crippen LogP) is 3.03. The van der Waals surface area contributed by atoms with Crippen LogP contribution in [-0.4, -0.2) is 61.2 Å². The molecule has 35 heavy (non-hydrogen) atoms. The third-order valence-electron chi connectivity index (χ3n) is 6.03. The maximum absolute atomic E-state index is 13.3. The number of hydrogen-bond acceptors (Lipinski definition) is 5. The predicted molar refractivity (Wildman–Crippen MR) is 134 cm³/mol. The lowest BCUT2D eigenvalue weighted by Crippen LogP contribution is -2.51. The number of hydrogen-bond donors (Lipinski definition) is 1. The van der Waals surface area contributed by atoms with Crippen molar-refractivity contribution in [3.05, 3.63) is 89.2 Å². The van der Waals surface area contributed by atoms with Crippen LogP contribution in [0.5, 0.6) is 0 Å². The van der Waals surface area contributed by atoms with E-state index in [1.165, 1.54) is 12.1 Å². The molecule has 0 radical (unpaired) electrons. The van der Waals surface area contributed by atoms with Crippen molar-refractivity contribution in [2.75, 3.05) is 30.9 Å². The van der Waals surface area contributed by atoms with E-state index >= 15 is 0 Å². The number of aryl methyl sites for hydroxylation is 2. The molecule has 1 N–H and O–H groups in total. The Hall–Kier alpha value is -3.72. The topological polar surface area (TPSA) is 99.7 Å². The van der Waals surface area contributed by atoms with Gasteiger partial charge in [0, 0.05) is 49.3 Å². The van der Waals surface area contributed by atoms with Gasteiger partial charge in [-0.2, -0.15) is 0 Å². The monoisotopic (exact) mass is 492 g/mol. The Kier molecular flexibility index (Phi) is 7.16. The van der Waals surface area contributed by atoms with Crippen LogP contribution in [0.3, 0.4) is 0 Å². The fourth-order valence-corrected chi connectivity index (χ4v) is 5.02. The lowest BCUT2D eigenvalue weighted by molar-refractivity contribution is -0.132. The molecule has 0 unspecified atom stereocenters. The summed E-state index contributed by atoms with van der Waals surface area (Å²) >= 11 is 0. The minimum absolute atomic E-state index is 0.0243. The molecule has 4 rings (SSSR count). The van der Waals surface area contributed by atoms with E-state index in [0.717, 1.165) is 5.56 Å². The van der Waals surface area contributed by atoms with E-state index in [2.05, 4.69) is 9.71 Å². The molecular formula is C26H28N4O4S. The summed E-state index contributed by atoms with van der Waals surface area (Å²) in [5.41, 5.74) is 3.22. The Bertz CT molecular complexity index is 1320. The Morgan fingerprint density at radius 3 is 2.26 bits per heavy atom. The molecule has 0 saturated carbocycles. The van der Waals surface area contributed by atoms with Gasteiger partial charge in [0.25, 0.3) is 15.9 Å². The number of piperazine rings is 1. The van der Waals surface area contributed by atoms with Gasteiger partial charge in [0.15, 0.2) is 0 Å². The zero-order chi connectivity index (χ0) is 25.0. The van der Waals surface area contributed by atoms with Gasteiger partial charge in [-0.3, -0.25) is 19.3 Å². The van der Waals surface area contributed by atoms with Crippen LogP contribution in [0.2, 0.25) is 0 Å². The van der Waals surface area contributed by atoms with Gasteiger partial charge in [-0.25, -0.2) is 8.42 Å². The minimum Gasteiger partial charge on any atom is -0.339 e. The van der Waals surface area contributed by atoms with Crippen LogP contribution in [-0.2, 0) is 21.2 Å². The summed E-state index contributed by atoms with van der Waals surface area (Å²) in [4.78, 5) is 33.5. The zero-order valence-corrected chi connectivity index (χ0v) is 20.6. The van der Waals surface area contributed by atoms with E-state index < -0.39 is 10.0 Å². The largest absolute Gasteiger partial charge is 0.339 e. The highest BCUT2D eigenvalue weighted by Gasteiger charge is 2.27. The first-order chi connectivity index (χ1) is 16.7. The van der Waals surface area contributed by atoms with Crippen molar-refractivity contribution >= 4 is 27.5 Å². The maximum Gasteiger partial charge on any atom is 0.261 e. The zero-order valence-electron chi connectivity index (χ0n) is 19.8. The van der Waals surface area contributed by atoms with E-state index in [4.69, 9.17) is 0 Å². The van der Waals surface area contributed by atoms with E-state index in [0.29, 0.717) is 48.7 Å². The van der Waals surface area contributed by atoms with Gasteiger partial charge in [-0.15, -0.1) is 0 Å². The van der Waals surface area contributed by atoms with Crippen LogP contribution in [0, 0.1) is 13.8 Å². The Balaban J connectivity index is 1.43. The molecule has 2 amide bonds. The molecule has 0 aliphatic carbocycles. The lowest BCUT2D eigenvalue weighted by atomic mass is 10.1. The van der Waals surface area contributed by atoms with Gasteiger partial charge < -0.3 is 9.80 Å². The second-order valence-corrected chi connectivity index (χ2v) is 10.3. The van der Waals surface area contributed by atoms with Crippen molar-refractivity contribution in [3.8, 4) is 0 Å². The summed E-state index contributed by atoms with van der Waals surface area (Å²) < 4.78 is 28.4. The number of benzene rings is 2. The lowest BCUT2D eigenvalue weighted by Gasteiger charge is -2.35. The Labute approximate surface area is 205 Å². The van der Waals surface area contributed by atoms with E-state index in [1.807, 2.05) is 31.2 Å². The van der Waals surface area contributed by atoms with Gasteiger partial charge in [0.1, 0.15) is 0 Å². The van der Waals surface area contributed by atoms with Crippen molar-refractivity contribution in [1.29, 1.82) is 0 Å². The number of pyridine rings is 1. The molecule has 2 heterocycles. The Morgan fingerprint density at radius 2 is 1.60 bits per heavy atom. The first-order valence-corrected chi connectivity index (χ1v) is 12.9. The molecule has 1 aromatic heterocycles. The number of sulfonamides is 1. The number of anilines is 1. The van der Waals surface area contributed by atoms with Crippen LogP contribution in [0.4, 0.5) is 5.69 Å². The summed E-state index contributed by atoms with van der Waals surface area (Å²) in [7, 11) is -3.86. The molecule has 2 aromatic carbocycles. The molecule has 1 aliphatic rings. The second kappa shape index (κ2) is 10.3. The third-order valence-corrected chi connectivity index (χ3v) is 7.41. The van der Waals surface area contributed by atoms with Crippen molar-refractivity contribution in [3.63, 3.8) is 0 Å². The summed E-state index contributed by atoms with van der Waals surface area (Å²) in [6.07, 6.45) is 1.88. The van der Waals surface area contributed by atoms with Crippen molar-refractivity contribution in [2.24, 2.45) is 0 Å². The van der Waals surface area contributed by atoms with Crippen molar-refractivity contribution < 1.29 is 18.0 Å². The van der Waals surface area contributed by atoms with Crippen LogP contribution < -0.4 is 4.72 Å². The van der Waals surface area contributed by atoms with Crippen LogP contribution in [0.1, 0.15) is 27.2 Å². The standard InChI is InChI=1S/C26H28N4O4S/c1-19-6-9-21(10-7-19)28-35(33,34)23-11-8-20(2)24(18-23)26(32)30-15-13-29(14-16-30)25(31)17-22-5-3-4-12-27-22/h3-12,18,28H,13-17H2,1-2H3. The number of amides is 2. The minimum atomic E-state index is -3.86. The van der Waals surface area contributed by atoms with E-state index in [9.17, 15) is 18.0 Å². The maximum atomic E-state index is 13.3. The smallest absolute Gasteiger partial charge is 0.261 e. The molecule has 182 valence electrons. The first kappa shape index (κ1) is 24.4. The van der Waals surface area contributed by atoms with Gasteiger partial charge in [-0.05, 0) is 55.8 Å². The fourth-order valence-electron chi connectivity index (χ4n) is 3.93. The summed E-state index contributed by atoms with van der Waals surface area (Å²) in [5.74, 6) is -0.269. The SMILES string of the molecule is Cc1ccc(NS(=O)(=O)c2ccc(C)c(C(=O)N3CCN(C(=O)Cc4ccccn4)CC3)c2)cc1. The number of nitrogens with one attached hydrogen (secondary N) is 1. The second-order valence-electron chi connectivity index (χ2n) is 8.62. The number of aromatic nitrogens is 1. The number of carbonyl (C=O) groups excluding carboxylic acids is 2. The quantitative estimate of drug-likeness (QED) is 0.570. The molecular weight excluding hydrogens is 464 g/mol. The number of rotatable bonds is 6. The van der Waals surface area contributed by atoms with Gasteiger partial charge in [0.05, 0.1) is 11.3 Å². The molecule has 0 atom stereocenters. The molecule has 8 nitrogen and oxygen atoms in total. The average molecular weight is 493 g/mol. The van der Waals surface area contributed by atoms with Gasteiger partial charge in [0.2, 0.25) is 5.91 Å². The number of nitrogens with zero attached hydrogens (tertiary/aromatic N) is 3. The highest BCUT2D eigenvalue weighted by molar-refractivity contribution is 7.92. The molecule has 3 aromatic rings. The molecule has 1 aliphatic heterocycles. The summed E-state index contributed by atoms with van der Waals surface area (Å²) in [6, 6.07) is 17.1. The summed E-state index contributed by atoms with van der Waals surface area (Å²) in [5, 5.41) is 0. The van der Waals surface area contributed by atoms with Crippen molar-refractivity contribution in [2.45, 2.75) is 25.2 Å². The van der Waals surface area contributed by atoms with E-state index in [1.54, 1.807) is 47.2 Å². The highest BCUT2D eigenvalue weighted by Crippen LogP contribution is 2.21.